The van der Waals surface area contributed by atoms with Gasteiger partial charge in [-0.1, -0.05) is 18.2 Å². The first-order chi connectivity index (χ1) is 10.6. The normalized spacial score (nSPS) is 22.0. The summed E-state index contributed by atoms with van der Waals surface area (Å²) in [5, 5.41) is 14.5. The summed E-state index contributed by atoms with van der Waals surface area (Å²) >= 11 is 0. The molecule has 6 nitrogen and oxygen atoms in total. The van der Waals surface area contributed by atoms with E-state index in [1.807, 2.05) is 31.2 Å². The van der Waals surface area contributed by atoms with E-state index < -0.39 is 11.9 Å². The summed E-state index contributed by atoms with van der Waals surface area (Å²) in [6.07, 6.45) is 3.10. The van der Waals surface area contributed by atoms with Crippen LogP contribution in [0.25, 0.3) is 10.9 Å². The number of aromatic nitrogens is 2. The maximum atomic E-state index is 12.6. The van der Waals surface area contributed by atoms with Gasteiger partial charge in [-0.2, -0.15) is 5.10 Å². The molecule has 3 rings (SSSR count). The average molecular weight is 301 g/mol. The van der Waals surface area contributed by atoms with Crippen molar-refractivity contribution in [3.8, 4) is 0 Å². The van der Waals surface area contributed by atoms with Crippen LogP contribution in [0.1, 0.15) is 19.8 Å². The number of nitrogens with zero attached hydrogens (tertiary/aromatic N) is 3. The molecule has 1 aromatic heterocycles. The lowest BCUT2D eigenvalue weighted by Gasteiger charge is -2.37. The summed E-state index contributed by atoms with van der Waals surface area (Å²) in [5.41, 5.74) is 0.912. The summed E-state index contributed by atoms with van der Waals surface area (Å²) in [6.45, 7) is 2.57. The standard InChI is InChI=1S/C16H19N3O3/c1-11-13(16(21)22)6-4-8-18(11)15(20)10-19-14-7-3-2-5-12(14)9-17-19/h2-3,5,7,9,11,13H,4,6,8,10H2,1H3,(H,21,22)/t11-,13-/m1/s1. The molecule has 1 aliphatic heterocycles. The Hall–Kier alpha value is -2.37. The summed E-state index contributed by atoms with van der Waals surface area (Å²) in [6, 6.07) is 7.44. The van der Waals surface area contributed by atoms with Gasteiger partial charge in [-0.25, -0.2) is 0 Å². The molecule has 1 aliphatic rings. The first-order valence-corrected chi connectivity index (χ1v) is 7.51. The number of carboxylic acids is 1. The van der Waals surface area contributed by atoms with Crippen LogP contribution >= 0.6 is 0 Å². The van der Waals surface area contributed by atoms with Gasteiger partial charge in [0, 0.05) is 18.0 Å². The highest BCUT2D eigenvalue weighted by Crippen LogP contribution is 2.24. The van der Waals surface area contributed by atoms with Crippen LogP contribution < -0.4 is 0 Å². The third kappa shape index (κ3) is 2.56. The molecule has 2 atom stereocenters. The molecule has 0 spiro atoms. The number of aliphatic carboxylic acids is 1. The smallest absolute Gasteiger partial charge is 0.308 e. The highest BCUT2D eigenvalue weighted by atomic mass is 16.4. The Morgan fingerprint density at radius 1 is 1.36 bits per heavy atom. The topological polar surface area (TPSA) is 75.4 Å². The fourth-order valence-electron chi connectivity index (χ4n) is 3.20. The average Bonchev–Trinajstić information content (AvgIpc) is 2.90. The van der Waals surface area contributed by atoms with Crippen LogP contribution in [0.15, 0.2) is 30.5 Å². The number of amides is 1. The Morgan fingerprint density at radius 3 is 2.91 bits per heavy atom. The SMILES string of the molecule is C[C@@H]1[C@H](C(=O)O)CCCN1C(=O)Cn1ncc2ccccc21. The lowest BCUT2D eigenvalue weighted by atomic mass is 9.90. The molecule has 1 amide bonds. The van der Waals surface area contributed by atoms with Gasteiger partial charge in [-0.3, -0.25) is 14.3 Å². The summed E-state index contributed by atoms with van der Waals surface area (Å²) in [5.74, 6) is -1.38. The van der Waals surface area contributed by atoms with Crippen molar-refractivity contribution in [3.63, 3.8) is 0 Å². The Morgan fingerprint density at radius 2 is 2.14 bits per heavy atom. The van der Waals surface area contributed by atoms with Gasteiger partial charge in [0.1, 0.15) is 6.54 Å². The van der Waals surface area contributed by atoms with Crippen molar-refractivity contribution in [2.24, 2.45) is 5.92 Å². The number of carbonyl (C=O) groups excluding carboxylic acids is 1. The third-order valence-corrected chi connectivity index (χ3v) is 4.46. The van der Waals surface area contributed by atoms with E-state index in [1.54, 1.807) is 15.8 Å². The molecule has 0 aliphatic carbocycles. The summed E-state index contributed by atoms with van der Waals surface area (Å²) in [7, 11) is 0. The minimum atomic E-state index is -0.825. The molecule has 1 saturated heterocycles. The number of benzene rings is 1. The second kappa shape index (κ2) is 5.79. The molecule has 1 aromatic carbocycles. The van der Waals surface area contributed by atoms with Gasteiger partial charge in [0.2, 0.25) is 5.91 Å². The minimum Gasteiger partial charge on any atom is -0.481 e. The van der Waals surface area contributed by atoms with Crippen LogP contribution in [-0.2, 0) is 16.1 Å². The maximum absolute atomic E-state index is 12.6. The largest absolute Gasteiger partial charge is 0.481 e. The van der Waals surface area contributed by atoms with E-state index in [2.05, 4.69) is 5.10 Å². The van der Waals surface area contributed by atoms with Crippen molar-refractivity contribution in [3.05, 3.63) is 30.5 Å². The lowest BCUT2D eigenvalue weighted by Crippen LogP contribution is -2.50. The van der Waals surface area contributed by atoms with Gasteiger partial charge < -0.3 is 10.0 Å². The molecule has 2 heterocycles. The zero-order chi connectivity index (χ0) is 15.7. The van der Waals surface area contributed by atoms with E-state index in [0.29, 0.717) is 13.0 Å². The van der Waals surface area contributed by atoms with Crippen LogP contribution in [-0.4, -0.2) is 44.3 Å². The number of rotatable bonds is 3. The van der Waals surface area contributed by atoms with Crippen LogP contribution in [0, 0.1) is 5.92 Å². The van der Waals surface area contributed by atoms with E-state index in [9.17, 15) is 14.7 Å². The molecule has 0 bridgehead atoms. The number of likely N-dealkylation sites (tertiary alicyclic amines) is 1. The summed E-state index contributed by atoms with van der Waals surface area (Å²) in [4.78, 5) is 25.5. The van der Waals surface area contributed by atoms with E-state index in [-0.39, 0.29) is 18.5 Å². The van der Waals surface area contributed by atoms with E-state index in [1.165, 1.54) is 0 Å². The predicted octanol–water partition coefficient (Wildman–Crippen LogP) is 1.75. The van der Waals surface area contributed by atoms with Crippen molar-refractivity contribution < 1.29 is 14.7 Å². The number of piperidine rings is 1. The number of hydrogen-bond acceptors (Lipinski definition) is 3. The molecule has 0 unspecified atom stereocenters. The molecule has 0 radical (unpaired) electrons. The first-order valence-electron chi connectivity index (χ1n) is 7.51. The van der Waals surface area contributed by atoms with Gasteiger partial charge >= 0.3 is 5.97 Å². The quantitative estimate of drug-likeness (QED) is 0.937. The second-order valence-corrected chi connectivity index (χ2v) is 5.78. The molecule has 0 saturated carbocycles. The number of hydrogen-bond donors (Lipinski definition) is 1. The molecular weight excluding hydrogens is 282 g/mol. The second-order valence-electron chi connectivity index (χ2n) is 5.78. The number of fused-ring (bicyclic) bond motifs is 1. The van der Waals surface area contributed by atoms with Gasteiger partial charge in [0.25, 0.3) is 0 Å². The van der Waals surface area contributed by atoms with Gasteiger partial charge in [0.05, 0.1) is 17.6 Å². The molecule has 6 heteroatoms. The van der Waals surface area contributed by atoms with Crippen LogP contribution in [0.3, 0.4) is 0 Å². The van der Waals surface area contributed by atoms with E-state index >= 15 is 0 Å². The molecule has 22 heavy (non-hydrogen) atoms. The number of carboxylic acid groups (broad SMARTS) is 1. The minimum absolute atomic E-state index is 0.0766. The monoisotopic (exact) mass is 301 g/mol. The van der Waals surface area contributed by atoms with Crippen LogP contribution in [0.4, 0.5) is 0 Å². The highest BCUT2D eigenvalue weighted by molar-refractivity contribution is 5.82. The third-order valence-electron chi connectivity index (χ3n) is 4.46. The molecular formula is C16H19N3O3. The van der Waals surface area contributed by atoms with Crippen molar-refractivity contribution in [2.75, 3.05) is 6.54 Å². The van der Waals surface area contributed by atoms with Crippen LogP contribution in [0.5, 0.6) is 0 Å². The molecule has 1 fully saturated rings. The first kappa shape index (κ1) is 14.6. The van der Waals surface area contributed by atoms with Crippen molar-refractivity contribution in [2.45, 2.75) is 32.4 Å². The fraction of sp³-hybridized carbons (Fsp3) is 0.438. The maximum Gasteiger partial charge on any atom is 0.308 e. The fourth-order valence-corrected chi connectivity index (χ4v) is 3.20. The van der Waals surface area contributed by atoms with Crippen molar-refractivity contribution >= 4 is 22.8 Å². The zero-order valence-electron chi connectivity index (χ0n) is 12.5. The van der Waals surface area contributed by atoms with Crippen molar-refractivity contribution in [1.82, 2.24) is 14.7 Å². The van der Waals surface area contributed by atoms with Gasteiger partial charge in [-0.05, 0) is 25.8 Å². The lowest BCUT2D eigenvalue weighted by molar-refractivity contribution is -0.149. The zero-order valence-corrected chi connectivity index (χ0v) is 12.5. The molecule has 2 aromatic rings. The Balaban J connectivity index is 1.78. The Labute approximate surface area is 128 Å². The highest BCUT2D eigenvalue weighted by Gasteiger charge is 2.35. The van der Waals surface area contributed by atoms with Crippen molar-refractivity contribution in [1.29, 1.82) is 0 Å². The van der Waals surface area contributed by atoms with Crippen LogP contribution in [0.2, 0.25) is 0 Å². The van der Waals surface area contributed by atoms with Gasteiger partial charge in [0.15, 0.2) is 0 Å². The predicted molar refractivity (Wildman–Crippen MR) is 81.3 cm³/mol. The van der Waals surface area contributed by atoms with E-state index in [0.717, 1.165) is 17.3 Å². The Kier molecular flexibility index (Phi) is 3.83. The van der Waals surface area contributed by atoms with E-state index in [4.69, 9.17) is 0 Å². The Bertz CT molecular complexity index is 709. The number of para-hydroxylation sites is 1. The van der Waals surface area contributed by atoms with Gasteiger partial charge in [-0.15, -0.1) is 0 Å². The molecule has 116 valence electrons. The molecule has 1 N–H and O–H groups in total. The summed E-state index contributed by atoms with van der Waals surface area (Å²) < 4.78 is 1.68. The number of carbonyl (C=O) groups is 2.